The summed E-state index contributed by atoms with van der Waals surface area (Å²) < 4.78 is 5.65. The van der Waals surface area contributed by atoms with Gasteiger partial charge in [0.05, 0.1) is 12.3 Å². The number of hydrogen-bond donors (Lipinski definition) is 1. The van der Waals surface area contributed by atoms with E-state index in [1.54, 1.807) is 12.5 Å². The Hall–Kier alpha value is -1.94. The van der Waals surface area contributed by atoms with Crippen LogP contribution in [0.1, 0.15) is 17.2 Å². The maximum absolute atomic E-state index is 5.65. The van der Waals surface area contributed by atoms with Crippen LogP contribution in [-0.2, 0) is 6.54 Å². The Morgan fingerprint density at radius 2 is 2.22 bits per heavy atom. The molecule has 1 atom stereocenters. The van der Waals surface area contributed by atoms with Crippen molar-refractivity contribution in [2.75, 3.05) is 13.2 Å². The lowest BCUT2D eigenvalue weighted by Crippen LogP contribution is -2.22. The fraction of sp³-hybridized carbons (Fsp3) is 0.286. The van der Waals surface area contributed by atoms with Crippen LogP contribution in [0.5, 0.6) is 5.75 Å². The molecule has 3 rings (SSSR count). The van der Waals surface area contributed by atoms with Crippen molar-refractivity contribution < 1.29 is 4.74 Å². The molecule has 1 aromatic carbocycles. The van der Waals surface area contributed by atoms with Crippen LogP contribution in [-0.4, -0.2) is 23.1 Å². The fourth-order valence-electron chi connectivity index (χ4n) is 2.20. The van der Waals surface area contributed by atoms with Crippen molar-refractivity contribution in [3.8, 4) is 5.75 Å². The largest absolute Gasteiger partial charge is 0.493 e. The lowest BCUT2D eigenvalue weighted by molar-refractivity contribution is 0.326. The zero-order chi connectivity index (χ0) is 12.2. The van der Waals surface area contributed by atoms with Crippen molar-refractivity contribution in [2.45, 2.75) is 12.5 Å². The van der Waals surface area contributed by atoms with Gasteiger partial charge in [0.2, 0.25) is 0 Å². The van der Waals surface area contributed by atoms with Crippen LogP contribution in [0.15, 0.2) is 42.9 Å². The molecule has 0 saturated heterocycles. The predicted molar refractivity (Wildman–Crippen MR) is 68.4 cm³/mol. The van der Waals surface area contributed by atoms with Crippen LogP contribution < -0.4 is 10.1 Å². The molecule has 2 heterocycles. The Balaban J connectivity index is 1.56. The van der Waals surface area contributed by atoms with Crippen molar-refractivity contribution in [1.29, 1.82) is 0 Å². The molecule has 1 aliphatic heterocycles. The van der Waals surface area contributed by atoms with Crippen LogP contribution in [0.25, 0.3) is 0 Å². The van der Waals surface area contributed by atoms with E-state index in [9.17, 15) is 0 Å². The predicted octanol–water partition coefficient (Wildman–Crippen LogP) is 1.74. The molecule has 1 aromatic heterocycles. The van der Waals surface area contributed by atoms with Gasteiger partial charge in [-0.2, -0.15) is 0 Å². The van der Waals surface area contributed by atoms with Crippen LogP contribution in [0.2, 0.25) is 0 Å². The second-order valence-electron chi connectivity index (χ2n) is 4.38. The summed E-state index contributed by atoms with van der Waals surface area (Å²) >= 11 is 0. The average molecular weight is 241 g/mol. The van der Waals surface area contributed by atoms with Gasteiger partial charge in [0.15, 0.2) is 0 Å². The number of para-hydroxylation sites is 1. The zero-order valence-corrected chi connectivity index (χ0v) is 10.0. The van der Waals surface area contributed by atoms with E-state index >= 15 is 0 Å². The number of aromatic nitrogens is 2. The van der Waals surface area contributed by atoms with Gasteiger partial charge in [0, 0.05) is 30.8 Å². The molecule has 0 fully saturated rings. The number of nitrogens with one attached hydrogen (secondary N) is 1. The minimum Gasteiger partial charge on any atom is -0.493 e. The second kappa shape index (κ2) is 5.14. The van der Waals surface area contributed by atoms with Gasteiger partial charge < -0.3 is 10.1 Å². The van der Waals surface area contributed by atoms with Gasteiger partial charge in [0.1, 0.15) is 12.1 Å². The first kappa shape index (κ1) is 11.2. The minimum atomic E-state index is 0.433. The molecular weight excluding hydrogens is 226 g/mol. The molecule has 0 radical (unpaired) electrons. The third-order valence-corrected chi connectivity index (χ3v) is 3.14. The third-order valence-electron chi connectivity index (χ3n) is 3.14. The molecule has 2 aromatic rings. The molecular formula is C14H15N3O. The Morgan fingerprint density at radius 1 is 1.28 bits per heavy atom. The van der Waals surface area contributed by atoms with Crippen molar-refractivity contribution in [2.24, 2.45) is 0 Å². The molecule has 0 amide bonds. The van der Waals surface area contributed by atoms with Crippen LogP contribution in [0.4, 0.5) is 0 Å². The van der Waals surface area contributed by atoms with Gasteiger partial charge in [-0.25, -0.2) is 9.97 Å². The first-order chi connectivity index (χ1) is 8.93. The topological polar surface area (TPSA) is 47.0 Å². The van der Waals surface area contributed by atoms with Gasteiger partial charge in [-0.15, -0.1) is 0 Å². The van der Waals surface area contributed by atoms with Crippen LogP contribution in [0, 0.1) is 0 Å². The van der Waals surface area contributed by atoms with E-state index in [-0.39, 0.29) is 0 Å². The standard InChI is InChI=1S/C14H15N3O/c1-2-4-14-13(3-1)11(9-18-14)7-16-8-12-5-6-15-10-17-12/h1-6,10-11,16H,7-9H2. The van der Waals surface area contributed by atoms with Gasteiger partial charge >= 0.3 is 0 Å². The molecule has 4 heteroatoms. The number of benzene rings is 1. The van der Waals surface area contributed by atoms with Gasteiger partial charge in [-0.05, 0) is 12.1 Å². The highest BCUT2D eigenvalue weighted by Crippen LogP contribution is 2.32. The summed E-state index contributed by atoms with van der Waals surface area (Å²) in [5.74, 6) is 1.45. The number of nitrogens with zero attached hydrogens (tertiary/aromatic N) is 2. The Morgan fingerprint density at radius 3 is 3.11 bits per heavy atom. The molecule has 0 saturated carbocycles. The summed E-state index contributed by atoms with van der Waals surface area (Å²) in [7, 11) is 0. The summed E-state index contributed by atoms with van der Waals surface area (Å²) in [6, 6.07) is 10.2. The monoisotopic (exact) mass is 241 g/mol. The summed E-state index contributed by atoms with van der Waals surface area (Å²) in [5, 5.41) is 3.41. The van der Waals surface area contributed by atoms with E-state index in [0.29, 0.717) is 5.92 Å². The van der Waals surface area contributed by atoms with Crippen molar-refractivity contribution in [1.82, 2.24) is 15.3 Å². The molecule has 0 bridgehead atoms. The number of ether oxygens (including phenoxy) is 1. The van der Waals surface area contributed by atoms with Crippen molar-refractivity contribution >= 4 is 0 Å². The van der Waals surface area contributed by atoms with E-state index in [2.05, 4.69) is 27.4 Å². The SMILES string of the molecule is c1ccc2c(c1)OCC2CNCc1ccncn1. The number of hydrogen-bond acceptors (Lipinski definition) is 4. The molecule has 1 unspecified atom stereocenters. The molecule has 0 spiro atoms. The van der Waals surface area contributed by atoms with Crippen LogP contribution >= 0.6 is 0 Å². The highest BCUT2D eigenvalue weighted by molar-refractivity contribution is 5.39. The minimum absolute atomic E-state index is 0.433. The maximum Gasteiger partial charge on any atom is 0.122 e. The maximum atomic E-state index is 5.65. The number of fused-ring (bicyclic) bond motifs is 1. The highest BCUT2D eigenvalue weighted by Gasteiger charge is 2.22. The lowest BCUT2D eigenvalue weighted by Gasteiger charge is -2.09. The van der Waals surface area contributed by atoms with Crippen molar-refractivity contribution in [3.63, 3.8) is 0 Å². The second-order valence-corrected chi connectivity index (χ2v) is 4.38. The zero-order valence-electron chi connectivity index (χ0n) is 10.0. The average Bonchev–Trinajstić information content (AvgIpc) is 2.84. The Kier molecular flexibility index (Phi) is 3.19. The molecule has 1 N–H and O–H groups in total. The fourth-order valence-corrected chi connectivity index (χ4v) is 2.20. The Labute approximate surface area is 106 Å². The molecule has 4 nitrogen and oxygen atoms in total. The summed E-state index contributed by atoms with van der Waals surface area (Å²) in [6.07, 6.45) is 3.34. The summed E-state index contributed by atoms with van der Waals surface area (Å²) in [5.41, 5.74) is 2.31. The van der Waals surface area contributed by atoms with Gasteiger partial charge in [-0.1, -0.05) is 18.2 Å². The summed E-state index contributed by atoms with van der Waals surface area (Å²) in [4.78, 5) is 8.08. The van der Waals surface area contributed by atoms with Crippen LogP contribution in [0.3, 0.4) is 0 Å². The smallest absolute Gasteiger partial charge is 0.122 e. The third kappa shape index (κ3) is 2.33. The van der Waals surface area contributed by atoms with E-state index in [1.807, 2.05) is 18.2 Å². The normalized spacial score (nSPS) is 17.2. The molecule has 18 heavy (non-hydrogen) atoms. The van der Waals surface area contributed by atoms with E-state index in [0.717, 1.165) is 31.1 Å². The van der Waals surface area contributed by atoms with E-state index < -0.39 is 0 Å². The summed E-state index contributed by atoms with van der Waals surface area (Å²) in [6.45, 7) is 2.43. The Bertz CT molecular complexity index is 515. The first-order valence-corrected chi connectivity index (χ1v) is 6.11. The highest BCUT2D eigenvalue weighted by atomic mass is 16.5. The van der Waals surface area contributed by atoms with E-state index in [1.165, 1.54) is 5.56 Å². The lowest BCUT2D eigenvalue weighted by atomic mass is 10.0. The van der Waals surface area contributed by atoms with Crippen molar-refractivity contribution in [3.05, 3.63) is 54.1 Å². The first-order valence-electron chi connectivity index (χ1n) is 6.11. The molecule has 0 aliphatic carbocycles. The number of rotatable bonds is 4. The van der Waals surface area contributed by atoms with Gasteiger partial charge in [0.25, 0.3) is 0 Å². The molecule has 92 valence electrons. The van der Waals surface area contributed by atoms with Gasteiger partial charge in [-0.3, -0.25) is 0 Å². The quantitative estimate of drug-likeness (QED) is 0.885. The van der Waals surface area contributed by atoms with E-state index in [4.69, 9.17) is 4.74 Å². The molecule has 1 aliphatic rings.